The first kappa shape index (κ1) is 25.7. The summed E-state index contributed by atoms with van der Waals surface area (Å²) in [5, 5.41) is 9.29. The molecular formula is C26H25N3O7S. The van der Waals surface area contributed by atoms with Gasteiger partial charge in [0.1, 0.15) is 22.2 Å². The van der Waals surface area contributed by atoms with Gasteiger partial charge >= 0.3 is 5.97 Å². The minimum atomic E-state index is -0.682. The Balaban J connectivity index is 1.65. The Labute approximate surface area is 216 Å². The molecule has 0 aliphatic heterocycles. The molecule has 0 fully saturated rings. The van der Waals surface area contributed by atoms with Crippen molar-refractivity contribution in [1.29, 1.82) is 0 Å². The van der Waals surface area contributed by atoms with Crippen LogP contribution in [-0.2, 0) is 9.53 Å². The number of aromatic nitrogens is 2. The fraction of sp³-hybridized carbons (Fsp3) is 0.231. The Morgan fingerprint density at radius 3 is 2.41 bits per heavy atom. The van der Waals surface area contributed by atoms with E-state index >= 15 is 0 Å². The monoisotopic (exact) mass is 523 g/mol. The fourth-order valence-corrected chi connectivity index (χ4v) is 4.47. The van der Waals surface area contributed by atoms with Gasteiger partial charge in [0.05, 0.1) is 31.4 Å². The quantitative estimate of drug-likeness (QED) is 0.309. The maximum Gasteiger partial charge on any atom is 0.359 e. The number of methoxy groups -OCH3 is 1. The molecule has 0 bridgehead atoms. The van der Waals surface area contributed by atoms with Crippen molar-refractivity contribution in [1.82, 2.24) is 9.78 Å². The maximum absolute atomic E-state index is 13.5. The highest BCUT2D eigenvalue weighted by molar-refractivity contribution is 7.16. The van der Waals surface area contributed by atoms with E-state index in [0.29, 0.717) is 29.5 Å². The fourth-order valence-electron chi connectivity index (χ4n) is 3.52. The number of nitrogens with zero attached hydrogens (tertiary/aromatic N) is 2. The minimum absolute atomic E-state index is 0.0401. The van der Waals surface area contributed by atoms with Crippen LogP contribution in [0, 0.1) is 0 Å². The molecule has 1 amide bonds. The summed E-state index contributed by atoms with van der Waals surface area (Å²) in [6, 6.07) is 13.6. The van der Waals surface area contributed by atoms with Crippen LogP contribution in [0.3, 0.4) is 0 Å². The van der Waals surface area contributed by atoms with Gasteiger partial charge in [0, 0.05) is 16.8 Å². The molecule has 4 rings (SSSR count). The number of benzene rings is 2. The van der Waals surface area contributed by atoms with Gasteiger partial charge < -0.3 is 24.3 Å². The molecule has 4 aromatic rings. The van der Waals surface area contributed by atoms with E-state index in [1.54, 1.807) is 60.8 Å². The van der Waals surface area contributed by atoms with Crippen LogP contribution in [-0.4, -0.2) is 48.6 Å². The highest BCUT2D eigenvalue weighted by Crippen LogP contribution is 2.31. The van der Waals surface area contributed by atoms with Crippen molar-refractivity contribution >= 4 is 39.0 Å². The third kappa shape index (κ3) is 5.72. The predicted octanol–water partition coefficient (Wildman–Crippen LogP) is 4.05. The molecule has 1 N–H and O–H groups in total. The number of nitrogens with one attached hydrogen (secondary N) is 1. The van der Waals surface area contributed by atoms with Gasteiger partial charge in [0.2, 0.25) is 0 Å². The van der Waals surface area contributed by atoms with Crippen LogP contribution in [0.2, 0.25) is 0 Å². The van der Waals surface area contributed by atoms with Crippen molar-refractivity contribution in [2.75, 3.05) is 32.2 Å². The lowest BCUT2D eigenvalue weighted by Gasteiger charge is -2.11. The molecule has 2 aromatic carbocycles. The molecule has 0 aliphatic carbocycles. The number of ether oxygens (including phenoxy) is 4. The molecule has 192 valence electrons. The number of hydrogen-bond acceptors (Lipinski definition) is 9. The van der Waals surface area contributed by atoms with Gasteiger partial charge in [-0.05, 0) is 50.2 Å². The first-order chi connectivity index (χ1) is 17.9. The zero-order valence-electron chi connectivity index (χ0n) is 20.5. The Morgan fingerprint density at radius 1 is 1.00 bits per heavy atom. The number of carbonyl (C=O) groups excluding carboxylic acids is 2. The standard InChI is InChI=1S/C26H25N3O7S/c1-4-34-17-9-11-18(12-10-17)36-14-21(30)27-24-22-20(15-37-24)23(26(32)35-5-2)28-29(25(22)31)16-7-6-8-19(13-16)33-3/h6-13,15H,4-5,14H2,1-3H3,(H,27,30). The van der Waals surface area contributed by atoms with Crippen LogP contribution in [0.1, 0.15) is 24.3 Å². The number of anilines is 1. The van der Waals surface area contributed by atoms with Crippen LogP contribution >= 0.6 is 11.3 Å². The van der Waals surface area contributed by atoms with Crippen molar-refractivity contribution in [3.05, 3.63) is 70.0 Å². The van der Waals surface area contributed by atoms with E-state index in [1.807, 2.05) is 6.92 Å². The number of thiophene rings is 1. The van der Waals surface area contributed by atoms with Crippen LogP contribution < -0.4 is 25.1 Å². The van der Waals surface area contributed by atoms with Gasteiger partial charge in [0.25, 0.3) is 11.5 Å². The number of amides is 1. The number of fused-ring (bicyclic) bond motifs is 1. The lowest BCUT2D eigenvalue weighted by atomic mass is 10.2. The van der Waals surface area contributed by atoms with Crippen molar-refractivity contribution in [3.63, 3.8) is 0 Å². The molecule has 37 heavy (non-hydrogen) atoms. The maximum atomic E-state index is 13.5. The summed E-state index contributed by atoms with van der Waals surface area (Å²) in [7, 11) is 1.50. The Bertz CT molecular complexity index is 1480. The summed E-state index contributed by atoms with van der Waals surface area (Å²) in [5.41, 5.74) is -0.166. The SMILES string of the molecule is CCOC(=O)c1nn(-c2cccc(OC)c2)c(=O)c2c(NC(=O)COc3ccc(OCC)cc3)scc12. The van der Waals surface area contributed by atoms with Gasteiger partial charge in [-0.1, -0.05) is 6.07 Å². The van der Waals surface area contributed by atoms with Gasteiger partial charge in [-0.15, -0.1) is 11.3 Å². The van der Waals surface area contributed by atoms with E-state index in [4.69, 9.17) is 18.9 Å². The van der Waals surface area contributed by atoms with E-state index in [1.165, 1.54) is 7.11 Å². The molecule has 0 saturated carbocycles. The van der Waals surface area contributed by atoms with E-state index in [-0.39, 0.29) is 34.7 Å². The van der Waals surface area contributed by atoms with E-state index in [9.17, 15) is 14.4 Å². The second-order valence-corrected chi connectivity index (χ2v) is 8.46. The smallest absolute Gasteiger partial charge is 0.359 e. The zero-order valence-corrected chi connectivity index (χ0v) is 21.3. The summed E-state index contributed by atoms with van der Waals surface area (Å²) in [4.78, 5) is 38.9. The molecule has 0 atom stereocenters. The summed E-state index contributed by atoms with van der Waals surface area (Å²) >= 11 is 1.11. The van der Waals surface area contributed by atoms with Crippen LogP contribution in [0.4, 0.5) is 5.00 Å². The van der Waals surface area contributed by atoms with Gasteiger partial charge in [-0.25, -0.2) is 4.79 Å². The third-order valence-electron chi connectivity index (χ3n) is 5.18. The number of hydrogen-bond donors (Lipinski definition) is 1. The van der Waals surface area contributed by atoms with Crippen LogP contribution in [0.5, 0.6) is 17.2 Å². The van der Waals surface area contributed by atoms with Gasteiger partial charge in [0.15, 0.2) is 12.3 Å². The van der Waals surface area contributed by atoms with Crippen molar-refractivity contribution < 1.29 is 28.5 Å². The van der Waals surface area contributed by atoms with Crippen molar-refractivity contribution in [2.45, 2.75) is 13.8 Å². The lowest BCUT2D eigenvalue weighted by molar-refractivity contribution is -0.118. The number of esters is 1. The van der Waals surface area contributed by atoms with Crippen LogP contribution in [0.15, 0.2) is 58.7 Å². The molecule has 0 unspecified atom stereocenters. The first-order valence-electron chi connectivity index (χ1n) is 11.5. The average Bonchev–Trinajstić information content (AvgIpc) is 3.32. The molecule has 0 saturated heterocycles. The molecule has 2 heterocycles. The zero-order chi connectivity index (χ0) is 26.4. The van der Waals surface area contributed by atoms with E-state index in [2.05, 4.69) is 10.4 Å². The van der Waals surface area contributed by atoms with Crippen molar-refractivity contribution in [3.8, 4) is 22.9 Å². The molecule has 0 aliphatic rings. The highest BCUT2D eigenvalue weighted by Gasteiger charge is 2.23. The Kier molecular flexibility index (Phi) is 8.04. The van der Waals surface area contributed by atoms with Gasteiger partial charge in [-0.3, -0.25) is 9.59 Å². The second-order valence-electron chi connectivity index (χ2n) is 7.58. The summed E-state index contributed by atoms with van der Waals surface area (Å²) in [6.07, 6.45) is 0. The Hall–Kier alpha value is -4.38. The average molecular weight is 524 g/mol. The minimum Gasteiger partial charge on any atom is -0.497 e. The topological polar surface area (TPSA) is 118 Å². The number of rotatable bonds is 10. The predicted molar refractivity (Wildman–Crippen MR) is 139 cm³/mol. The van der Waals surface area contributed by atoms with Crippen molar-refractivity contribution in [2.24, 2.45) is 0 Å². The first-order valence-corrected chi connectivity index (χ1v) is 12.3. The molecule has 0 radical (unpaired) electrons. The second kappa shape index (κ2) is 11.6. The van der Waals surface area contributed by atoms with E-state index < -0.39 is 17.4 Å². The molecule has 11 heteroatoms. The van der Waals surface area contributed by atoms with E-state index in [0.717, 1.165) is 16.0 Å². The number of carbonyl (C=O) groups is 2. The summed E-state index contributed by atoms with van der Waals surface area (Å²) in [6.45, 7) is 3.96. The van der Waals surface area contributed by atoms with Crippen LogP contribution in [0.25, 0.3) is 16.5 Å². The Morgan fingerprint density at radius 2 is 1.73 bits per heavy atom. The summed E-state index contributed by atoms with van der Waals surface area (Å²) in [5.74, 6) is 0.541. The molecule has 2 aromatic heterocycles. The molecule has 0 spiro atoms. The third-order valence-corrected chi connectivity index (χ3v) is 6.07. The largest absolute Gasteiger partial charge is 0.497 e. The molecule has 10 nitrogen and oxygen atoms in total. The summed E-state index contributed by atoms with van der Waals surface area (Å²) < 4.78 is 22.5. The normalized spacial score (nSPS) is 10.7. The lowest BCUT2D eigenvalue weighted by Crippen LogP contribution is -2.26. The molecular weight excluding hydrogens is 498 g/mol. The van der Waals surface area contributed by atoms with Gasteiger partial charge in [-0.2, -0.15) is 9.78 Å². The highest BCUT2D eigenvalue weighted by atomic mass is 32.1.